The summed E-state index contributed by atoms with van der Waals surface area (Å²) >= 11 is 0. The second kappa shape index (κ2) is 8.37. The molecule has 1 aromatic heterocycles. The van der Waals surface area contributed by atoms with E-state index < -0.39 is 5.91 Å². The Bertz CT molecular complexity index is 1040. The van der Waals surface area contributed by atoms with E-state index in [1.165, 1.54) is 11.6 Å². The van der Waals surface area contributed by atoms with Gasteiger partial charge in [-0.1, -0.05) is 36.4 Å². The van der Waals surface area contributed by atoms with Gasteiger partial charge in [0.2, 0.25) is 0 Å². The first-order valence-corrected chi connectivity index (χ1v) is 9.39. The fraction of sp³-hybridized carbons (Fsp3) is 0.273. The Kier molecular flexibility index (Phi) is 5.50. The number of nitrogens with one attached hydrogen (secondary N) is 1. The fourth-order valence-electron chi connectivity index (χ4n) is 3.36. The SMILES string of the molecule is O=C(NCc1ccccc1CN1CCOCC1)c1cc(=O)c2ccccc2o1. The first kappa shape index (κ1) is 18.4. The van der Waals surface area contributed by atoms with Crippen LogP contribution in [0.15, 0.2) is 63.8 Å². The standard InChI is InChI=1S/C22H22N2O4/c25-19-13-21(28-20-8-4-3-7-18(19)20)22(26)23-14-16-5-1-2-6-17(16)15-24-9-11-27-12-10-24/h1-8,13H,9-12,14-15H2,(H,23,26). The van der Waals surface area contributed by atoms with E-state index in [2.05, 4.69) is 16.3 Å². The van der Waals surface area contributed by atoms with Crippen molar-refractivity contribution in [2.24, 2.45) is 0 Å². The summed E-state index contributed by atoms with van der Waals surface area (Å²) in [5.74, 6) is -0.376. The number of carbonyl (C=O) groups is 1. The molecule has 4 rings (SSSR count). The van der Waals surface area contributed by atoms with Crippen LogP contribution in [-0.2, 0) is 17.8 Å². The van der Waals surface area contributed by atoms with Crippen LogP contribution >= 0.6 is 0 Å². The molecule has 144 valence electrons. The Balaban J connectivity index is 1.47. The second-order valence-electron chi connectivity index (χ2n) is 6.81. The summed E-state index contributed by atoms with van der Waals surface area (Å²) in [6.07, 6.45) is 0. The van der Waals surface area contributed by atoms with Gasteiger partial charge in [-0.3, -0.25) is 14.5 Å². The molecule has 1 fully saturated rings. The van der Waals surface area contributed by atoms with E-state index in [1.807, 2.05) is 18.2 Å². The molecular weight excluding hydrogens is 356 g/mol. The smallest absolute Gasteiger partial charge is 0.287 e. The lowest BCUT2D eigenvalue weighted by atomic mass is 10.1. The Morgan fingerprint density at radius 2 is 1.71 bits per heavy atom. The van der Waals surface area contributed by atoms with Gasteiger partial charge < -0.3 is 14.5 Å². The van der Waals surface area contributed by atoms with Gasteiger partial charge in [0, 0.05) is 32.2 Å². The predicted octanol–water partition coefficient (Wildman–Crippen LogP) is 2.56. The van der Waals surface area contributed by atoms with Gasteiger partial charge in [-0.2, -0.15) is 0 Å². The highest BCUT2D eigenvalue weighted by Gasteiger charge is 2.15. The van der Waals surface area contributed by atoms with Crippen LogP contribution in [0.5, 0.6) is 0 Å². The monoisotopic (exact) mass is 378 g/mol. The maximum Gasteiger partial charge on any atom is 0.287 e. The van der Waals surface area contributed by atoms with Crippen molar-refractivity contribution in [1.29, 1.82) is 0 Å². The van der Waals surface area contributed by atoms with Crippen molar-refractivity contribution < 1.29 is 13.9 Å². The molecule has 2 heterocycles. The van der Waals surface area contributed by atoms with E-state index in [0.29, 0.717) is 17.5 Å². The zero-order chi connectivity index (χ0) is 19.3. The van der Waals surface area contributed by atoms with Crippen LogP contribution < -0.4 is 10.7 Å². The van der Waals surface area contributed by atoms with Crippen LogP contribution in [0.2, 0.25) is 0 Å². The van der Waals surface area contributed by atoms with Crippen molar-refractivity contribution in [3.63, 3.8) is 0 Å². The molecule has 28 heavy (non-hydrogen) atoms. The van der Waals surface area contributed by atoms with Gasteiger partial charge >= 0.3 is 0 Å². The van der Waals surface area contributed by atoms with Crippen molar-refractivity contribution in [3.8, 4) is 0 Å². The van der Waals surface area contributed by atoms with Gasteiger partial charge in [-0.05, 0) is 23.3 Å². The maximum atomic E-state index is 12.5. The largest absolute Gasteiger partial charge is 0.451 e. The Labute approximate surface area is 162 Å². The molecule has 1 saturated heterocycles. The lowest BCUT2D eigenvalue weighted by molar-refractivity contribution is 0.0340. The van der Waals surface area contributed by atoms with Gasteiger partial charge in [0.1, 0.15) is 5.58 Å². The number of para-hydroxylation sites is 1. The van der Waals surface area contributed by atoms with E-state index in [9.17, 15) is 9.59 Å². The average Bonchev–Trinajstić information content (AvgIpc) is 2.73. The molecule has 3 aromatic rings. The van der Waals surface area contributed by atoms with Gasteiger partial charge in [0.05, 0.1) is 18.6 Å². The third-order valence-corrected chi connectivity index (χ3v) is 4.91. The van der Waals surface area contributed by atoms with Crippen LogP contribution in [0.25, 0.3) is 11.0 Å². The average molecular weight is 378 g/mol. The number of nitrogens with zero attached hydrogens (tertiary/aromatic N) is 1. The highest BCUT2D eigenvalue weighted by Crippen LogP contribution is 2.14. The molecule has 6 heteroatoms. The summed E-state index contributed by atoms with van der Waals surface area (Å²) < 4.78 is 11.0. The van der Waals surface area contributed by atoms with E-state index >= 15 is 0 Å². The van der Waals surface area contributed by atoms with Crippen molar-refractivity contribution in [2.45, 2.75) is 13.1 Å². The predicted molar refractivity (Wildman–Crippen MR) is 106 cm³/mol. The summed E-state index contributed by atoms with van der Waals surface area (Å²) in [6, 6.07) is 16.2. The van der Waals surface area contributed by atoms with E-state index in [-0.39, 0.29) is 11.2 Å². The molecule has 0 spiro atoms. The molecule has 0 aliphatic carbocycles. The Morgan fingerprint density at radius 3 is 2.54 bits per heavy atom. The van der Waals surface area contributed by atoms with Crippen molar-refractivity contribution in [3.05, 3.63) is 81.7 Å². The molecule has 0 radical (unpaired) electrons. The quantitative estimate of drug-likeness (QED) is 0.739. The number of amides is 1. The molecule has 1 aliphatic heterocycles. The van der Waals surface area contributed by atoms with Crippen LogP contribution in [0.1, 0.15) is 21.7 Å². The molecule has 0 unspecified atom stereocenters. The summed E-state index contributed by atoms with van der Waals surface area (Å²) in [5, 5.41) is 3.34. The lowest BCUT2D eigenvalue weighted by Gasteiger charge is -2.27. The van der Waals surface area contributed by atoms with Crippen LogP contribution in [0.4, 0.5) is 0 Å². The third kappa shape index (κ3) is 4.13. The van der Waals surface area contributed by atoms with Gasteiger partial charge in [-0.15, -0.1) is 0 Å². The van der Waals surface area contributed by atoms with Crippen molar-refractivity contribution in [1.82, 2.24) is 10.2 Å². The number of morpholine rings is 1. The van der Waals surface area contributed by atoms with E-state index in [0.717, 1.165) is 38.4 Å². The zero-order valence-electron chi connectivity index (χ0n) is 15.5. The first-order valence-electron chi connectivity index (χ1n) is 9.39. The van der Waals surface area contributed by atoms with Gasteiger partial charge in [-0.25, -0.2) is 0 Å². The van der Waals surface area contributed by atoms with E-state index in [4.69, 9.17) is 9.15 Å². The molecule has 0 atom stereocenters. The summed E-state index contributed by atoms with van der Waals surface area (Å²) in [4.78, 5) is 27.1. The number of ether oxygens (including phenoxy) is 1. The molecule has 1 aliphatic rings. The maximum absolute atomic E-state index is 12.5. The molecule has 1 amide bonds. The number of hydrogen-bond acceptors (Lipinski definition) is 5. The molecule has 6 nitrogen and oxygen atoms in total. The van der Waals surface area contributed by atoms with Crippen molar-refractivity contribution in [2.75, 3.05) is 26.3 Å². The zero-order valence-corrected chi connectivity index (χ0v) is 15.5. The lowest BCUT2D eigenvalue weighted by Crippen LogP contribution is -2.36. The number of benzene rings is 2. The number of hydrogen-bond donors (Lipinski definition) is 1. The minimum atomic E-state index is -0.399. The molecule has 0 saturated carbocycles. The Hall–Kier alpha value is -2.96. The summed E-state index contributed by atoms with van der Waals surface area (Å²) in [5.41, 5.74) is 2.41. The van der Waals surface area contributed by atoms with E-state index in [1.54, 1.807) is 24.3 Å². The molecule has 2 aromatic carbocycles. The second-order valence-corrected chi connectivity index (χ2v) is 6.81. The minimum Gasteiger partial charge on any atom is -0.451 e. The Morgan fingerprint density at radius 1 is 1.00 bits per heavy atom. The third-order valence-electron chi connectivity index (χ3n) is 4.91. The molecule has 0 bridgehead atoms. The number of carbonyl (C=O) groups excluding carboxylic acids is 1. The normalized spacial score (nSPS) is 14.9. The summed E-state index contributed by atoms with van der Waals surface area (Å²) in [6.45, 7) is 4.50. The van der Waals surface area contributed by atoms with Gasteiger partial charge in [0.15, 0.2) is 11.2 Å². The number of rotatable bonds is 5. The topological polar surface area (TPSA) is 71.8 Å². The first-order chi connectivity index (χ1) is 13.7. The van der Waals surface area contributed by atoms with Crippen LogP contribution in [0.3, 0.4) is 0 Å². The fourth-order valence-corrected chi connectivity index (χ4v) is 3.36. The summed E-state index contributed by atoms with van der Waals surface area (Å²) in [7, 11) is 0. The number of fused-ring (bicyclic) bond motifs is 1. The molecule has 1 N–H and O–H groups in total. The minimum absolute atomic E-state index is 0.0226. The highest BCUT2D eigenvalue weighted by atomic mass is 16.5. The highest BCUT2D eigenvalue weighted by molar-refractivity contribution is 5.93. The van der Waals surface area contributed by atoms with Gasteiger partial charge in [0.25, 0.3) is 5.91 Å². The van der Waals surface area contributed by atoms with Crippen LogP contribution in [-0.4, -0.2) is 37.1 Å². The van der Waals surface area contributed by atoms with Crippen LogP contribution in [0, 0.1) is 0 Å². The molecular formula is C22H22N2O4. The van der Waals surface area contributed by atoms with Crippen molar-refractivity contribution >= 4 is 16.9 Å².